The molecule has 1 aromatic carbocycles. The van der Waals surface area contributed by atoms with Crippen molar-refractivity contribution >= 4 is 35.3 Å². The Kier molecular flexibility index (Phi) is 9.15. The van der Waals surface area contributed by atoms with E-state index in [2.05, 4.69) is 21.9 Å². The van der Waals surface area contributed by atoms with E-state index in [1.165, 1.54) is 41.1 Å². The summed E-state index contributed by atoms with van der Waals surface area (Å²) in [6.45, 7) is 9.32. The number of nitrogens with one attached hydrogen (secondary N) is 1. The Labute approximate surface area is 243 Å². The minimum absolute atomic E-state index is 0.0138. The summed E-state index contributed by atoms with van der Waals surface area (Å²) in [4.78, 5) is 49.5. The normalized spacial score (nSPS) is 10.9. The van der Waals surface area contributed by atoms with Gasteiger partial charge in [0.2, 0.25) is 0 Å². The number of nitrogens with zero attached hydrogens (tertiary/aromatic N) is 4. The fourth-order valence-corrected chi connectivity index (χ4v) is 4.80. The molecular formula is C32H34FN5O4. The summed E-state index contributed by atoms with van der Waals surface area (Å²) in [5.41, 5.74) is 2.55. The second-order valence-corrected chi connectivity index (χ2v) is 10.0. The third kappa shape index (κ3) is 6.22. The van der Waals surface area contributed by atoms with Crippen LogP contribution in [0.3, 0.4) is 0 Å². The predicted octanol–water partition coefficient (Wildman–Crippen LogP) is 6.02. The summed E-state index contributed by atoms with van der Waals surface area (Å²) in [7, 11) is 3.11. The van der Waals surface area contributed by atoms with Gasteiger partial charge in [0.25, 0.3) is 17.5 Å². The molecule has 0 aliphatic heterocycles. The number of hydrogen-bond donors (Lipinski definition) is 1. The summed E-state index contributed by atoms with van der Waals surface area (Å²) < 4.78 is 22.1. The van der Waals surface area contributed by atoms with Crippen LogP contribution in [0.25, 0.3) is 17.2 Å². The molecule has 0 radical (unpaired) electrons. The van der Waals surface area contributed by atoms with Crippen LogP contribution < -0.4 is 15.8 Å². The fraction of sp³-hybridized carbons (Fsp3) is 0.281. The summed E-state index contributed by atoms with van der Waals surface area (Å²) in [5, 5.41) is 2.92. The number of amides is 1. The van der Waals surface area contributed by atoms with Gasteiger partial charge >= 0.3 is 0 Å². The molecule has 0 saturated carbocycles. The van der Waals surface area contributed by atoms with Gasteiger partial charge in [-0.15, -0.1) is 0 Å². The average Bonchev–Trinajstić information content (AvgIpc) is 3.38. The molecule has 0 fully saturated rings. The number of benzene rings is 1. The smallest absolute Gasteiger partial charge is 0.299 e. The lowest BCUT2D eigenvalue weighted by atomic mass is 9.96. The Bertz CT molecular complexity index is 1720. The maximum Gasteiger partial charge on any atom is 0.299 e. The van der Waals surface area contributed by atoms with Crippen molar-refractivity contribution in [2.75, 3.05) is 17.3 Å². The number of aryl methyl sites for hydroxylation is 3. The molecule has 1 N–H and O–H groups in total. The third-order valence-electron chi connectivity index (χ3n) is 6.94. The van der Waals surface area contributed by atoms with Crippen molar-refractivity contribution in [1.29, 1.82) is 0 Å². The van der Waals surface area contributed by atoms with Crippen LogP contribution in [0.4, 0.5) is 21.9 Å². The minimum atomic E-state index is -0.656. The molecule has 4 rings (SSSR count). The third-order valence-corrected chi connectivity index (χ3v) is 6.94. The van der Waals surface area contributed by atoms with Crippen molar-refractivity contribution in [3.8, 4) is 11.1 Å². The average molecular weight is 572 g/mol. The quantitative estimate of drug-likeness (QED) is 0.234. The number of oxazole rings is 1. The van der Waals surface area contributed by atoms with E-state index in [4.69, 9.17) is 4.42 Å². The number of pyridine rings is 2. The largest absolute Gasteiger partial charge is 0.429 e. The van der Waals surface area contributed by atoms with Crippen molar-refractivity contribution in [1.82, 2.24) is 14.5 Å². The Morgan fingerprint density at radius 2 is 1.98 bits per heavy atom. The first-order chi connectivity index (χ1) is 20.1. The molecule has 9 nitrogen and oxygen atoms in total. The van der Waals surface area contributed by atoms with E-state index in [0.29, 0.717) is 47.3 Å². The standard InChI is InChI=1S/C32H34FN5O4/c1-7-10-23(39)16-25-24(22-15-27(30(40)37(5)18-22)36-32-35-17-19(4)42-32)11-12-34-29(25)38(6)31(41)28-21(9-3)13-20(8-2)14-26(28)33/h9,11-15,17-18H,3,7-8,10,16H2,1-2,4-6H3,(H,35,36). The van der Waals surface area contributed by atoms with E-state index in [9.17, 15) is 14.4 Å². The summed E-state index contributed by atoms with van der Waals surface area (Å²) in [6.07, 6.45) is 7.72. The highest BCUT2D eigenvalue weighted by Crippen LogP contribution is 2.33. The second kappa shape index (κ2) is 12.8. The first kappa shape index (κ1) is 30.1. The Balaban J connectivity index is 1.86. The number of carbonyl (C=O) groups is 2. The monoisotopic (exact) mass is 571 g/mol. The van der Waals surface area contributed by atoms with E-state index >= 15 is 4.39 Å². The van der Waals surface area contributed by atoms with Gasteiger partial charge in [-0.25, -0.2) is 14.4 Å². The number of ketones is 1. The predicted molar refractivity (Wildman–Crippen MR) is 162 cm³/mol. The molecule has 0 aliphatic carbocycles. The van der Waals surface area contributed by atoms with E-state index < -0.39 is 11.7 Å². The highest BCUT2D eigenvalue weighted by Gasteiger charge is 2.26. The molecule has 0 atom stereocenters. The maximum absolute atomic E-state index is 15.3. The molecule has 0 unspecified atom stereocenters. The Morgan fingerprint density at radius 3 is 2.62 bits per heavy atom. The highest BCUT2D eigenvalue weighted by molar-refractivity contribution is 6.08. The van der Waals surface area contributed by atoms with Crippen molar-refractivity contribution in [3.05, 3.63) is 93.6 Å². The molecule has 0 saturated heterocycles. The lowest BCUT2D eigenvalue weighted by molar-refractivity contribution is -0.118. The van der Waals surface area contributed by atoms with Crippen molar-refractivity contribution in [2.24, 2.45) is 7.05 Å². The number of halogens is 1. The zero-order valence-corrected chi connectivity index (χ0v) is 24.5. The number of Topliss-reactive ketones (excluding diaryl/α,β-unsaturated/α-hetero) is 1. The van der Waals surface area contributed by atoms with Crippen LogP contribution >= 0.6 is 0 Å². The molecule has 3 heterocycles. The number of anilines is 3. The van der Waals surface area contributed by atoms with Crippen molar-refractivity contribution in [3.63, 3.8) is 0 Å². The van der Waals surface area contributed by atoms with Crippen LogP contribution in [0.15, 0.2) is 58.6 Å². The highest BCUT2D eigenvalue weighted by atomic mass is 19.1. The fourth-order valence-electron chi connectivity index (χ4n) is 4.80. The first-order valence-corrected chi connectivity index (χ1v) is 13.7. The zero-order chi connectivity index (χ0) is 30.6. The molecule has 10 heteroatoms. The second-order valence-electron chi connectivity index (χ2n) is 10.0. The number of aromatic nitrogens is 3. The van der Waals surface area contributed by atoms with Crippen molar-refractivity contribution in [2.45, 2.75) is 46.5 Å². The van der Waals surface area contributed by atoms with Gasteiger partial charge in [0.1, 0.15) is 28.9 Å². The van der Waals surface area contributed by atoms with E-state index in [1.54, 1.807) is 38.4 Å². The van der Waals surface area contributed by atoms with Crippen LogP contribution in [-0.4, -0.2) is 33.3 Å². The van der Waals surface area contributed by atoms with E-state index in [0.717, 1.165) is 5.56 Å². The lowest BCUT2D eigenvalue weighted by Crippen LogP contribution is -2.30. The van der Waals surface area contributed by atoms with Crippen LogP contribution in [0.5, 0.6) is 0 Å². The number of hydrogen-bond acceptors (Lipinski definition) is 7. The molecular weight excluding hydrogens is 537 g/mol. The van der Waals surface area contributed by atoms with E-state index in [1.807, 2.05) is 13.8 Å². The molecule has 218 valence electrons. The van der Waals surface area contributed by atoms with Crippen LogP contribution in [0.2, 0.25) is 0 Å². The van der Waals surface area contributed by atoms with Gasteiger partial charge < -0.3 is 14.3 Å². The number of rotatable bonds is 11. The zero-order valence-electron chi connectivity index (χ0n) is 24.5. The van der Waals surface area contributed by atoms with Gasteiger partial charge in [-0.3, -0.25) is 19.3 Å². The molecule has 1 amide bonds. The Morgan fingerprint density at radius 1 is 1.21 bits per heavy atom. The summed E-state index contributed by atoms with van der Waals surface area (Å²) in [6, 6.07) is 6.60. The van der Waals surface area contributed by atoms with Gasteiger partial charge in [0.15, 0.2) is 0 Å². The van der Waals surface area contributed by atoms with Crippen LogP contribution in [-0.2, 0) is 24.7 Å². The Hall–Kier alpha value is -4.86. The summed E-state index contributed by atoms with van der Waals surface area (Å²) >= 11 is 0. The lowest BCUT2D eigenvalue weighted by Gasteiger charge is -2.23. The maximum atomic E-state index is 15.3. The molecule has 4 aromatic rings. The SMILES string of the molecule is C=Cc1cc(CC)cc(F)c1C(=O)N(C)c1nccc(-c2cc(Nc3ncc(C)o3)c(=O)n(C)c2)c1CC(=O)CCC. The first-order valence-electron chi connectivity index (χ1n) is 13.7. The topological polar surface area (TPSA) is 110 Å². The minimum Gasteiger partial charge on any atom is -0.429 e. The van der Waals surface area contributed by atoms with Crippen LogP contribution in [0.1, 0.15) is 59.5 Å². The molecule has 0 spiro atoms. The van der Waals surface area contributed by atoms with Gasteiger partial charge in [0.05, 0.1) is 11.8 Å². The van der Waals surface area contributed by atoms with Crippen molar-refractivity contribution < 1.29 is 18.4 Å². The molecule has 0 aliphatic rings. The molecule has 3 aromatic heterocycles. The van der Waals surface area contributed by atoms with Gasteiger partial charge in [-0.05, 0) is 54.7 Å². The molecule has 42 heavy (non-hydrogen) atoms. The van der Waals surface area contributed by atoms with Gasteiger partial charge in [-0.2, -0.15) is 0 Å². The number of carbonyl (C=O) groups excluding carboxylic acids is 2. The van der Waals surface area contributed by atoms with Crippen LogP contribution in [0, 0.1) is 12.7 Å². The summed E-state index contributed by atoms with van der Waals surface area (Å²) in [5.74, 6) is -0.536. The van der Waals surface area contributed by atoms with Gasteiger partial charge in [0, 0.05) is 50.5 Å². The molecule has 0 bridgehead atoms. The van der Waals surface area contributed by atoms with Gasteiger partial charge in [-0.1, -0.05) is 32.6 Å². The van der Waals surface area contributed by atoms with E-state index in [-0.39, 0.29) is 40.8 Å².